The van der Waals surface area contributed by atoms with Gasteiger partial charge < -0.3 is 10.5 Å². The van der Waals surface area contributed by atoms with Crippen molar-refractivity contribution in [3.8, 4) is 0 Å². The predicted molar refractivity (Wildman–Crippen MR) is 68.4 cm³/mol. The van der Waals surface area contributed by atoms with Gasteiger partial charge in [-0.3, -0.25) is 0 Å². The van der Waals surface area contributed by atoms with E-state index in [0.717, 1.165) is 9.24 Å². The van der Waals surface area contributed by atoms with E-state index in [1.807, 2.05) is 5.38 Å². The molecule has 0 spiro atoms. The molecule has 17 heavy (non-hydrogen) atoms. The molecule has 0 unspecified atom stereocenters. The Morgan fingerprint density at radius 3 is 3.00 bits per heavy atom. The van der Waals surface area contributed by atoms with Crippen molar-refractivity contribution in [2.75, 3.05) is 12.8 Å². The summed E-state index contributed by atoms with van der Waals surface area (Å²) >= 11 is 2.96. The van der Waals surface area contributed by atoms with Crippen molar-refractivity contribution in [2.24, 2.45) is 0 Å². The molecule has 0 amide bonds. The minimum Gasteiger partial charge on any atom is -0.465 e. The first-order valence-electron chi connectivity index (χ1n) is 4.76. The smallest absolute Gasteiger partial charge is 0.337 e. The molecule has 0 aliphatic rings. The van der Waals surface area contributed by atoms with Crippen LogP contribution in [0.25, 0.3) is 0 Å². The SMILES string of the molecule is COC(=O)c1ccc(N)c(Sc2nccs2)c1. The molecular formula is C11H10N2O2S2. The highest BCUT2D eigenvalue weighted by Crippen LogP contribution is 2.33. The zero-order valence-electron chi connectivity index (χ0n) is 9.04. The van der Waals surface area contributed by atoms with Crippen LogP contribution >= 0.6 is 23.1 Å². The van der Waals surface area contributed by atoms with E-state index in [9.17, 15) is 4.79 Å². The maximum Gasteiger partial charge on any atom is 0.337 e. The average Bonchev–Trinajstić information content (AvgIpc) is 2.84. The second-order valence-electron chi connectivity index (χ2n) is 3.14. The number of anilines is 1. The zero-order valence-corrected chi connectivity index (χ0v) is 10.7. The summed E-state index contributed by atoms with van der Waals surface area (Å²) in [5, 5.41) is 1.89. The van der Waals surface area contributed by atoms with E-state index in [4.69, 9.17) is 5.73 Å². The third-order valence-electron chi connectivity index (χ3n) is 2.04. The number of nitrogen functional groups attached to an aromatic ring is 1. The van der Waals surface area contributed by atoms with Gasteiger partial charge in [-0.15, -0.1) is 11.3 Å². The first kappa shape index (κ1) is 11.9. The van der Waals surface area contributed by atoms with E-state index in [1.165, 1.54) is 30.2 Å². The van der Waals surface area contributed by atoms with Crippen LogP contribution < -0.4 is 5.73 Å². The summed E-state index contributed by atoms with van der Waals surface area (Å²) < 4.78 is 5.55. The van der Waals surface area contributed by atoms with Gasteiger partial charge in [0.1, 0.15) is 0 Å². The van der Waals surface area contributed by atoms with Crippen LogP contribution in [0.1, 0.15) is 10.4 Å². The van der Waals surface area contributed by atoms with Crippen LogP contribution in [0, 0.1) is 0 Å². The van der Waals surface area contributed by atoms with Gasteiger partial charge in [-0.2, -0.15) is 0 Å². The number of carbonyl (C=O) groups is 1. The van der Waals surface area contributed by atoms with Gasteiger partial charge in [0.25, 0.3) is 0 Å². The van der Waals surface area contributed by atoms with Crippen molar-refractivity contribution in [3.05, 3.63) is 35.3 Å². The summed E-state index contributed by atoms with van der Waals surface area (Å²) in [6.07, 6.45) is 1.73. The number of methoxy groups -OCH3 is 1. The molecule has 4 nitrogen and oxygen atoms in total. The first-order chi connectivity index (χ1) is 8.20. The van der Waals surface area contributed by atoms with E-state index < -0.39 is 0 Å². The second kappa shape index (κ2) is 5.20. The third kappa shape index (κ3) is 2.78. The molecule has 0 radical (unpaired) electrons. The molecule has 88 valence electrons. The summed E-state index contributed by atoms with van der Waals surface area (Å²) in [5.74, 6) is -0.369. The summed E-state index contributed by atoms with van der Waals surface area (Å²) in [6.45, 7) is 0. The topological polar surface area (TPSA) is 65.2 Å². The summed E-state index contributed by atoms with van der Waals surface area (Å²) in [4.78, 5) is 16.4. The first-order valence-corrected chi connectivity index (χ1v) is 6.45. The number of esters is 1. The third-order valence-corrected chi connectivity index (χ3v) is 4.00. The fourth-order valence-corrected chi connectivity index (χ4v) is 2.88. The lowest BCUT2D eigenvalue weighted by atomic mass is 10.2. The van der Waals surface area contributed by atoms with E-state index >= 15 is 0 Å². The minimum absolute atomic E-state index is 0.369. The van der Waals surface area contributed by atoms with Gasteiger partial charge >= 0.3 is 5.97 Å². The van der Waals surface area contributed by atoms with Crippen LogP contribution in [0.4, 0.5) is 5.69 Å². The fourth-order valence-electron chi connectivity index (χ4n) is 1.22. The largest absolute Gasteiger partial charge is 0.465 e. The molecule has 0 saturated carbocycles. The van der Waals surface area contributed by atoms with Gasteiger partial charge in [-0.05, 0) is 18.2 Å². The summed E-state index contributed by atoms with van der Waals surface area (Å²) in [7, 11) is 1.35. The zero-order chi connectivity index (χ0) is 12.3. The molecule has 2 rings (SSSR count). The number of nitrogens with two attached hydrogens (primary N) is 1. The molecule has 0 aliphatic heterocycles. The maximum atomic E-state index is 11.4. The van der Waals surface area contributed by atoms with Gasteiger partial charge in [-0.25, -0.2) is 9.78 Å². The second-order valence-corrected chi connectivity index (χ2v) is 5.33. The number of thiazole rings is 1. The Morgan fingerprint density at radius 1 is 1.53 bits per heavy atom. The van der Waals surface area contributed by atoms with Crippen molar-refractivity contribution in [3.63, 3.8) is 0 Å². The van der Waals surface area contributed by atoms with Crippen LogP contribution in [0.3, 0.4) is 0 Å². The fraction of sp³-hybridized carbons (Fsp3) is 0.0909. The molecule has 0 fully saturated rings. The molecule has 0 saturated heterocycles. The van der Waals surface area contributed by atoms with Crippen LogP contribution in [0.5, 0.6) is 0 Å². The molecule has 1 aromatic heterocycles. The normalized spacial score (nSPS) is 10.2. The Hall–Kier alpha value is -1.53. The molecule has 0 bridgehead atoms. The number of hydrogen-bond donors (Lipinski definition) is 1. The highest BCUT2D eigenvalue weighted by Gasteiger charge is 2.10. The van der Waals surface area contributed by atoms with Crippen molar-refractivity contribution < 1.29 is 9.53 Å². The monoisotopic (exact) mass is 266 g/mol. The van der Waals surface area contributed by atoms with Crippen molar-refractivity contribution in [1.29, 1.82) is 0 Å². The van der Waals surface area contributed by atoms with Crippen LogP contribution in [0.2, 0.25) is 0 Å². The van der Waals surface area contributed by atoms with Crippen LogP contribution in [0.15, 0.2) is 39.0 Å². The number of benzene rings is 1. The number of rotatable bonds is 3. The molecule has 2 aromatic rings. The van der Waals surface area contributed by atoms with Gasteiger partial charge in [0.05, 0.1) is 12.7 Å². The van der Waals surface area contributed by atoms with Crippen LogP contribution in [-0.2, 0) is 4.74 Å². The number of carbonyl (C=O) groups excluding carboxylic acids is 1. The summed E-state index contributed by atoms with van der Waals surface area (Å²) in [5.41, 5.74) is 6.96. The minimum atomic E-state index is -0.369. The maximum absolute atomic E-state index is 11.4. The summed E-state index contributed by atoms with van der Waals surface area (Å²) in [6, 6.07) is 5.06. The van der Waals surface area contributed by atoms with E-state index in [0.29, 0.717) is 11.3 Å². The lowest BCUT2D eigenvalue weighted by Crippen LogP contribution is -2.02. The highest BCUT2D eigenvalue weighted by molar-refractivity contribution is 8.01. The number of aromatic nitrogens is 1. The van der Waals surface area contributed by atoms with E-state index in [1.54, 1.807) is 24.4 Å². The lowest BCUT2D eigenvalue weighted by molar-refractivity contribution is 0.0600. The Kier molecular flexibility index (Phi) is 3.65. The van der Waals surface area contributed by atoms with E-state index in [-0.39, 0.29) is 5.97 Å². The van der Waals surface area contributed by atoms with Gasteiger partial charge in [-0.1, -0.05) is 11.8 Å². The van der Waals surface area contributed by atoms with Gasteiger partial charge in [0.15, 0.2) is 4.34 Å². The Labute approximate surface area is 107 Å². The molecule has 0 atom stereocenters. The van der Waals surface area contributed by atoms with E-state index in [2.05, 4.69) is 9.72 Å². The predicted octanol–water partition coefficient (Wildman–Crippen LogP) is 2.66. The molecule has 0 aliphatic carbocycles. The molecule has 1 aromatic carbocycles. The number of ether oxygens (including phenoxy) is 1. The quantitative estimate of drug-likeness (QED) is 0.683. The molecule has 2 N–H and O–H groups in total. The molecule has 6 heteroatoms. The Morgan fingerprint density at radius 2 is 2.35 bits per heavy atom. The standard InChI is InChI=1S/C11H10N2O2S2/c1-15-10(14)7-2-3-8(12)9(6-7)17-11-13-4-5-16-11/h2-6H,12H2,1H3. The van der Waals surface area contributed by atoms with Gasteiger partial charge in [0, 0.05) is 22.2 Å². The number of hydrogen-bond acceptors (Lipinski definition) is 6. The van der Waals surface area contributed by atoms with Crippen molar-refractivity contribution in [1.82, 2.24) is 4.98 Å². The van der Waals surface area contributed by atoms with Gasteiger partial charge in [0.2, 0.25) is 0 Å². The average molecular weight is 266 g/mol. The molecule has 1 heterocycles. The lowest BCUT2D eigenvalue weighted by Gasteiger charge is -2.05. The molecular weight excluding hydrogens is 256 g/mol. The Balaban J connectivity index is 2.29. The highest BCUT2D eigenvalue weighted by atomic mass is 32.2. The number of nitrogens with zero attached hydrogens (tertiary/aromatic N) is 1. The van der Waals surface area contributed by atoms with Crippen LogP contribution in [-0.4, -0.2) is 18.1 Å². The van der Waals surface area contributed by atoms with Crippen molar-refractivity contribution >= 4 is 34.8 Å². The van der Waals surface area contributed by atoms with Crippen molar-refractivity contribution in [2.45, 2.75) is 9.24 Å². The Bertz CT molecular complexity index is 526.